The summed E-state index contributed by atoms with van der Waals surface area (Å²) in [7, 11) is 0. The summed E-state index contributed by atoms with van der Waals surface area (Å²) in [5.41, 5.74) is 4.45. The molecule has 1 spiro atoms. The number of hydrogen-bond acceptors (Lipinski definition) is 8. The Morgan fingerprint density at radius 3 is 2.81 bits per heavy atom. The molecule has 0 atom stereocenters. The predicted molar refractivity (Wildman–Crippen MR) is 143 cm³/mol. The maximum Gasteiger partial charge on any atom is 0.173 e. The van der Waals surface area contributed by atoms with Crippen LogP contribution in [0.1, 0.15) is 28.0 Å². The van der Waals surface area contributed by atoms with E-state index in [0.29, 0.717) is 19.8 Å². The van der Waals surface area contributed by atoms with Crippen molar-refractivity contribution in [2.75, 3.05) is 23.8 Å². The smallest absolute Gasteiger partial charge is 0.173 e. The van der Waals surface area contributed by atoms with E-state index in [0.717, 1.165) is 57.8 Å². The topological polar surface area (TPSA) is 92.2 Å². The molecule has 6 rings (SSSR count). The van der Waals surface area contributed by atoms with Crippen LogP contribution in [0.25, 0.3) is 10.2 Å². The molecular formula is C26H25ClFN5O2S. The molecule has 4 aromatic rings. The van der Waals surface area contributed by atoms with Crippen LogP contribution < -0.4 is 10.6 Å². The van der Waals surface area contributed by atoms with Crippen molar-refractivity contribution in [2.24, 2.45) is 0 Å². The van der Waals surface area contributed by atoms with Crippen molar-refractivity contribution >= 4 is 57.4 Å². The Morgan fingerprint density at radius 2 is 2.00 bits per heavy atom. The van der Waals surface area contributed by atoms with Crippen LogP contribution in [-0.2, 0) is 28.9 Å². The highest BCUT2D eigenvalue weighted by Crippen LogP contribution is 2.44. The summed E-state index contributed by atoms with van der Waals surface area (Å²) in [6.07, 6.45) is 5.31. The number of anilines is 3. The van der Waals surface area contributed by atoms with E-state index in [1.165, 1.54) is 28.8 Å². The first kappa shape index (κ1) is 24.6. The van der Waals surface area contributed by atoms with Crippen molar-refractivity contribution in [3.8, 4) is 0 Å². The van der Waals surface area contributed by atoms with E-state index in [2.05, 4.69) is 20.6 Å². The van der Waals surface area contributed by atoms with Gasteiger partial charge in [-0.1, -0.05) is 12.1 Å². The Bertz CT molecular complexity index is 1420. The normalized spacial score (nSPS) is 15.9. The third kappa shape index (κ3) is 4.67. The van der Waals surface area contributed by atoms with E-state index in [1.54, 1.807) is 23.7 Å². The minimum atomic E-state index is -0.484. The molecule has 7 nitrogen and oxygen atoms in total. The summed E-state index contributed by atoms with van der Waals surface area (Å²) in [4.78, 5) is 11.3. The maximum absolute atomic E-state index is 13.5. The lowest BCUT2D eigenvalue weighted by molar-refractivity contribution is -0.163. The van der Waals surface area contributed by atoms with Gasteiger partial charge in [-0.15, -0.1) is 23.7 Å². The van der Waals surface area contributed by atoms with Crippen molar-refractivity contribution < 1.29 is 13.9 Å². The molecule has 3 N–H and O–H groups in total. The van der Waals surface area contributed by atoms with Gasteiger partial charge in [-0.2, -0.15) is 0 Å². The molecule has 0 saturated carbocycles. The van der Waals surface area contributed by atoms with Gasteiger partial charge in [-0.3, -0.25) is 0 Å². The lowest BCUT2D eigenvalue weighted by Crippen LogP contribution is -2.36. The van der Waals surface area contributed by atoms with Crippen LogP contribution in [0.3, 0.4) is 0 Å². The first-order valence-electron chi connectivity index (χ1n) is 11.6. The molecule has 3 heterocycles. The molecule has 0 bridgehead atoms. The molecule has 1 fully saturated rings. The third-order valence-electron chi connectivity index (χ3n) is 6.51. The molecule has 0 radical (unpaired) electrons. The first-order chi connectivity index (χ1) is 17.1. The minimum absolute atomic E-state index is 0. The summed E-state index contributed by atoms with van der Waals surface area (Å²) in [6, 6.07) is 12.3. The number of nitrogens with zero attached hydrogens (tertiary/aromatic N) is 2. The van der Waals surface area contributed by atoms with Gasteiger partial charge in [-0.25, -0.2) is 14.4 Å². The van der Waals surface area contributed by atoms with E-state index in [9.17, 15) is 4.39 Å². The summed E-state index contributed by atoms with van der Waals surface area (Å²) < 4.78 is 25.3. The molecule has 2 aromatic heterocycles. The second-order valence-electron chi connectivity index (χ2n) is 8.75. The van der Waals surface area contributed by atoms with Crippen LogP contribution in [0.5, 0.6) is 0 Å². The molecule has 0 unspecified atom stereocenters. The number of fused-ring (bicyclic) bond motifs is 3. The lowest BCUT2D eigenvalue weighted by atomic mass is 9.92. The van der Waals surface area contributed by atoms with Gasteiger partial charge in [0.05, 0.1) is 18.6 Å². The van der Waals surface area contributed by atoms with E-state index < -0.39 is 5.79 Å². The highest BCUT2D eigenvalue weighted by atomic mass is 35.5. The highest BCUT2D eigenvalue weighted by Gasteiger charge is 2.41. The second-order valence-corrected chi connectivity index (χ2v) is 9.83. The number of rotatable bonds is 6. The van der Waals surface area contributed by atoms with E-state index in [1.807, 2.05) is 24.3 Å². The van der Waals surface area contributed by atoms with Crippen molar-refractivity contribution in [3.63, 3.8) is 0 Å². The largest absolute Gasteiger partial charge is 0.380 e. The monoisotopic (exact) mass is 525 g/mol. The van der Waals surface area contributed by atoms with Gasteiger partial charge in [0.25, 0.3) is 0 Å². The van der Waals surface area contributed by atoms with Gasteiger partial charge in [-0.05, 0) is 47.9 Å². The van der Waals surface area contributed by atoms with Crippen LogP contribution in [-0.4, -0.2) is 35.2 Å². The van der Waals surface area contributed by atoms with Gasteiger partial charge in [0, 0.05) is 47.4 Å². The molecular weight excluding hydrogens is 501 g/mol. The maximum atomic E-state index is 13.5. The van der Waals surface area contributed by atoms with Gasteiger partial charge in [0.1, 0.15) is 22.8 Å². The third-order valence-corrected chi connectivity index (χ3v) is 7.65. The summed E-state index contributed by atoms with van der Waals surface area (Å²) in [6.45, 7) is 1.76. The Labute approximate surface area is 218 Å². The summed E-state index contributed by atoms with van der Waals surface area (Å²) in [5, 5.41) is 15.7. The summed E-state index contributed by atoms with van der Waals surface area (Å²) >= 11 is 1.68. The highest BCUT2D eigenvalue weighted by molar-refractivity contribution is 7.19. The minimum Gasteiger partial charge on any atom is -0.380 e. The molecule has 1 aliphatic carbocycles. The SMILES string of the molecule is Cl.N=Cc1cc(Nc2ncnc3sc4c(c23)CCC2(C4)OCCO2)ccc1NCc1cccc(F)c1. The number of halogens is 2. The molecule has 186 valence electrons. The molecule has 0 amide bonds. The Hall–Kier alpha value is -3.11. The average Bonchev–Trinajstić information content (AvgIpc) is 3.47. The van der Waals surface area contributed by atoms with E-state index >= 15 is 0 Å². The van der Waals surface area contributed by atoms with Crippen LogP contribution in [0, 0.1) is 11.2 Å². The molecule has 36 heavy (non-hydrogen) atoms. The zero-order valence-electron chi connectivity index (χ0n) is 19.3. The fourth-order valence-corrected chi connectivity index (χ4v) is 6.11. The molecule has 1 saturated heterocycles. The molecule has 2 aliphatic rings. The van der Waals surface area contributed by atoms with Crippen molar-refractivity contribution in [1.82, 2.24) is 9.97 Å². The average molecular weight is 526 g/mol. The number of thiophene rings is 1. The van der Waals surface area contributed by atoms with Gasteiger partial charge in [0.15, 0.2) is 5.79 Å². The fraction of sp³-hybridized carbons (Fsp3) is 0.269. The number of benzene rings is 2. The first-order valence-corrected chi connectivity index (χ1v) is 12.4. The zero-order chi connectivity index (χ0) is 23.8. The van der Waals surface area contributed by atoms with Crippen LogP contribution in [0.2, 0.25) is 0 Å². The van der Waals surface area contributed by atoms with Gasteiger partial charge >= 0.3 is 0 Å². The number of hydrogen-bond donors (Lipinski definition) is 3. The standard InChI is InChI=1S/C26H24FN5O2S.ClH/c27-18-3-1-2-16(10-18)14-29-21-5-4-19(11-17(21)13-28)32-24-23-20-6-7-26(33-8-9-34-26)12-22(20)35-25(23)31-15-30-24;/h1-5,10-11,13,15,28-29H,6-9,12,14H2,(H,30,31,32);1H. The van der Waals surface area contributed by atoms with Crippen molar-refractivity contribution in [2.45, 2.75) is 31.6 Å². The van der Waals surface area contributed by atoms with Gasteiger partial charge < -0.3 is 25.5 Å². The molecule has 2 aromatic carbocycles. The quantitative estimate of drug-likeness (QED) is 0.274. The number of aryl methyl sites for hydroxylation is 1. The Kier molecular flexibility index (Phi) is 6.90. The predicted octanol–water partition coefficient (Wildman–Crippen LogP) is 5.84. The fourth-order valence-electron chi connectivity index (χ4n) is 4.83. The van der Waals surface area contributed by atoms with Crippen molar-refractivity contribution in [1.29, 1.82) is 5.41 Å². The van der Waals surface area contributed by atoms with Crippen LogP contribution >= 0.6 is 23.7 Å². The van der Waals surface area contributed by atoms with E-state index in [4.69, 9.17) is 14.9 Å². The Morgan fingerprint density at radius 1 is 1.14 bits per heavy atom. The number of ether oxygens (including phenoxy) is 2. The number of nitrogens with one attached hydrogen (secondary N) is 3. The van der Waals surface area contributed by atoms with Crippen LogP contribution in [0.4, 0.5) is 21.6 Å². The molecule has 10 heteroatoms. The number of aromatic nitrogens is 2. The van der Waals surface area contributed by atoms with Crippen molar-refractivity contribution in [3.05, 3.63) is 76.2 Å². The summed E-state index contributed by atoms with van der Waals surface area (Å²) in [5.74, 6) is 0.0109. The molecule has 1 aliphatic heterocycles. The zero-order valence-corrected chi connectivity index (χ0v) is 21.0. The van der Waals surface area contributed by atoms with Crippen LogP contribution in [0.15, 0.2) is 48.8 Å². The second kappa shape index (κ2) is 10.1. The van der Waals surface area contributed by atoms with Gasteiger partial charge in [0.2, 0.25) is 0 Å². The Balaban J connectivity index is 0.00000267. The lowest BCUT2D eigenvalue weighted by Gasteiger charge is -2.31. The van der Waals surface area contributed by atoms with E-state index in [-0.39, 0.29) is 18.2 Å².